The molecule has 0 spiro atoms. The molecule has 6 nitrogen and oxygen atoms in total. The summed E-state index contributed by atoms with van der Waals surface area (Å²) in [5.74, 6) is 0.281. The average molecular weight is 532 g/mol. The summed E-state index contributed by atoms with van der Waals surface area (Å²) in [6.07, 6.45) is 6.14. The summed E-state index contributed by atoms with van der Waals surface area (Å²) in [4.78, 5) is 27.2. The van der Waals surface area contributed by atoms with Crippen molar-refractivity contribution < 1.29 is 23.8 Å². The number of nitrogens with one attached hydrogen (secondary N) is 1. The highest BCUT2D eigenvalue weighted by Crippen LogP contribution is 2.50. The number of halogens is 1. The van der Waals surface area contributed by atoms with Crippen LogP contribution in [0.3, 0.4) is 0 Å². The Hall–Kier alpha value is -2.28. The Morgan fingerprint density at radius 3 is 2.38 bits per heavy atom. The third-order valence-electron chi connectivity index (χ3n) is 7.10. The van der Waals surface area contributed by atoms with Crippen LogP contribution in [-0.2, 0) is 14.3 Å². The Balaban J connectivity index is 1.86. The zero-order valence-corrected chi connectivity index (χ0v) is 22.3. The summed E-state index contributed by atoms with van der Waals surface area (Å²) in [6.45, 7) is 6.09. The van der Waals surface area contributed by atoms with E-state index in [0.29, 0.717) is 29.1 Å². The molecular formula is C27H34BrNO5. The topological polar surface area (TPSA) is 73.9 Å². The second-order valence-electron chi connectivity index (χ2n) is 10.3. The molecule has 1 saturated carbocycles. The number of carbonyl (C=O) groups excluding carboxylic acids is 2. The Kier molecular flexibility index (Phi) is 7.13. The molecule has 7 heteroatoms. The molecule has 1 aromatic carbocycles. The van der Waals surface area contributed by atoms with Crippen molar-refractivity contribution in [3.05, 3.63) is 44.7 Å². The number of allylic oxidation sites excluding steroid dienone is 3. The molecule has 2 aliphatic carbocycles. The van der Waals surface area contributed by atoms with E-state index in [9.17, 15) is 9.59 Å². The molecule has 1 aromatic rings. The minimum atomic E-state index is -0.590. The third kappa shape index (κ3) is 4.77. The zero-order chi connectivity index (χ0) is 24.6. The number of dihydropyridines is 1. The van der Waals surface area contributed by atoms with Crippen LogP contribution in [0.15, 0.2) is 39.1 Å². The molecule has 1 aliphatic heterocycles. The molecule has 4 rings (SSSR count). The van der Waals surface area contributed by atoms with Gasteiger partial charge in [0.2, 0.25) is 0 Å². The molecule has 1 atom stereocenters. The molecule has 184 valence electrons. The second kappa shape index (κ2) is 9.76. The van der Waals surface area contributed by atoms with Gasteiger partial charge in [-0.2, -0.15) is 0 Å². The Labute approximate surface area is 210 Å². The SMILES string of the molecule is COc1cc([C@H]2C(C(=O)OC3CCCCC3)=C(C)NC3=C2C(=O)CC(C)(C)C3)c(OC)cc1Br. The van der Waals surface area contributed by atoms with Crippen molar-refractivity contribution in [1.29, 1.82) is 0 Å². The minimum Gasteiger partial charge on any atom is -0.496 e. The lowest BCUT2D eigenvalue weighted by Crippen LogP contribution is -2.39. The van der Waals surface area contributed by atoms with Gasteiger partial charge < -0.3 is 19.5 Å². The molecule has 0 bridgehead atoms. The standard InChI is InChI=1S/C27H34BrNO5/c1-15-23(26(31)34-16-9-7-6-8-10-16)24(17-11-22(33-5)18(28)12-21(17)32-4)25-19(29-15)13-27(2,3)14-20(25)30/h11-12,16,24,29H,6-10,13-14H2,1-5H3/t24-/m0/s1. The van der Waals surface area contributed by atoms with Gasteiger partial charge in [0.05, 0.1) is 30.2 Å². The van der Waals surface area contributed by atoms with Crippen molar-refractivity contribution in [3.8, 4) is 11.5 Å². The highest BCUT2D eigenvalue weighted by molar-refractivity contribution is 9.10. The average Bonchev–Trinajstić information content (AvgIpc) is 2.77. The molecule has 0 saturated heterocycles. The molecule has 3 aliphatic rings. The number of ketones is 1. The molecular weight excluding hydrogens is 498 g/mol. The van der Waals surface area contributed by atoms with Gasteiger partial charge in [-0.25, -0.2) is 4.79 Å². The first-order valence-electron chi connectivity index (χ1n) is 12.0. The fraction of sp³-hybridized carbons (Fsp3) is 0.556. The predicted octanol–water partition coefficient (Wildman–Crippen LogP) is 5.95. The van der Waals surface area contributed by atoms with Crippen molar-refractivity contribution in [2.45, 2.75) is 77.7 Å². The van der Waals surface area contributed by atoms with E-state index in [1.165, 1.54) is 6.42 Å². The van der Waals surface area contributed by atoms with Gasteiger partial charge in [0.1, 0.15) is 17.6 Å². The van der Waals surface area contributed by atoms with E-state index in [1.807, 2.05) is 19.1 Å². The number of rotatable bonds is 5. The summed E-state index contributed by atoms with van der Waals surface area (Å²) in [7, 11) is 3.19. The van der Waals surface area contributed by atoms with Gasteiger partial charge in [0.25, 0.3) is 0 Å². The van der Waals surface area contributed by atoms with Crippen LogP contribution in [0, 0.1) is 5.41 Å². The van der Waals surface area contributed by atoms with Crippen LogP contribution in [0.4, 0.5) is 0 Å². The van der Waals surface area contributed by atoms with E-state index in [2.05, 4.69) is 35.1 Å². The lowest BCUT2D eigenvalue weighted by atomic mass is 9.68. The molecule has 1 heterocycles. The smallest absolute Gasteiger partial charge is 0.337 e. The maximum absolute atomic E-state index is 13.7. The fourth-order valence-corrected chi connectivity index (χ4v) is 6.01. The lowest BCUT2D eigenvalue weighted by molar-refractivity contribution is -0.146. The highest BCUT2D eigenvalue weighted by atomic mass is 79.9. The molecule has 0 aromatic heterocycles. The molecule has 34 heavy (non-hydrogen) atoms. The number of methoxy groups -OCH3 is 2. The first-order valence-corrected chi connectivity index (χ1v) is 12.8. The molecule has 0 unspecified atom stereocenters. The molecule has 1 N–H and O–H groups in total. The molecule has 0 amide bonds. The van der Waals surface area contributed by atoms with Crippen molar-refractivity contribution in [1.82, 2.24) is 5.32 Å². The summed E-state index contributed by atoms with van der Waals surface area (Å²) < 4.78 is 18.0. The molecule has 1 fully saturated rings. The van der Waals surface area contributed by atoms with Crippen molar-refractivity contribution >= 4 is 27.7 Å². The van der Waals surface area contributed by atoms with Gasteiger partial charge in [-0.1, -0.05) is 20.3 Å². The van der Waals surface area contributed by atoms with Crippen LogP contribution in [0.2, 0.25) is 0 Å². The van der Waals surface area contributed by atoms with Gasteiger partial charge in [-0.05, 0) is 72.5 Å². The largest absolute Gasteiger partial charge is 0.496 e. The van der Waals surface area contributed by atoms with Gasteiger partial charge in [-0.15, -0.1) is 0 Å². The van der Waals surface area contributed by atoms with Crippen molar-refractivity contribution in [2.75, 3.05) is 14.2 Å². The van der Waals surface area contributed by atoms with Gasteiger partial charge in [-0.3, -0.25) is 4.79 Å². The van der Waals surface area contributed by atoms with Crippen LogP contribution >= 0.6 is 15.9 Å². The summed E-state index contributed by atoms with van der Waals surface area (Å²) in [5, 5.41) is 3.41. The normalized spacial score (nSPS) is 22.8. The maximum atomic E-state index is 13.7. The van der Waals surface area contributed by atoms with E-state index in [1.54, 1.807) is 14.2 Å². The zero-order valence-electron chi connectivity index (χ0n) is 20.7. The quantitative estimate of drug-likeness (QED) is 0.473. The van der Waals surface area contributed by atoms with E-state index in [0.717, 1.165) is 53.5 Å². The van der Waals surface area contributed by atoms with E-state index >= 15 is 0 Å². The predicted molar refractivity (Wildman–Crippen MR) is 134 cm³/mol. The number of carbonyl (C=O) groups is 2. The van der Waals surface area contributed by atoms with Crippen LogP contribution in [-0.4, -0.2) is 32.1 Å². The number of ether oxygens (including phenoxy) is 3. The van der Waals surface area contributed by atoms with E-state index < -0.39 is 5.92 Å². The second-order valence-corrected chi connectivity index (χ2v) is 11.2. The van der Waals surface area contributed by atoms with Crippen molar-refractivity contribution in [2.24, 2.45) is 5.41 Å². The number of Topliss-reactive ketones (excluding diaryl/α,β-unsaturated/α-hetero) is 1. The van der Waals surface area contributed by atoms with Crippen LogP contribution in [0.25, 0.3) is 0 Å². The summed E-state index contributed by atoms with van der Waals surface area (Å²) >= 11 is 3.52. The highest BCUT2D eigenvalue weighted by Gasteiger charge is 2.44. The van der Waals surface area contributed by atoms with Gasteiger partial charge in [0.15, 0.2) is 5.78 Å². The van der Waals surface area contributed by atoms with Gasteiger partial charge >= 0.3 is 5.97 Å². The van der Waals surface area contributed by atoms with Crippen LogP contribution in [0.1, 0.15) is 77.2 Å². The molecule has 0 radical (unpaired) electrons. The van der Waals surface area contributed by atoms with Crippen molar-refractivity contribution in [3.63, 3.8) is 0 Å². The fourth-order valence-electron chi connectivity index (χ4n) is 5.53. The first-order chi connectivity index (χ1) is 16.1. The number of hydrogen-bond acceptors (Lipinski definition) is 6. The van der Waals surface area contributed by atoms with Crippen LogP contribution < -0.4 is 14.8 Å². The van der Waals surface area contributed by atoms with E-state index in [-0.39, 0.29) is 23.3 Å². The lowest BCUT2D eigenvalue weighted by Gasteiger charge is -2.40. The number of hydrogen-bond donors (Lipinski definition) is 1. The van der Waals surface area contributed by atoms with Gasteiger partial charge in [0, 0.05) is 29.0 Å². The van der Waals surface area contributed by atoms with E-state index in [4.69, 9.17) is 14.2 Å². The number of esters is 1. The first kappa shape index (κ1) is 24.8. The summed E-state index contributed by atoms with van der Waals surface area (Å²) in [6, 6.07) is 3.69. The van der Waals surface area contributed by atoms with Crippen LogP contribution in [0.5, 0.6) is 11.5 Å². The Morgan fingerprint density at radius 2 is 1.74 bits per heavy atom. The number of benzene rings is 1. The Bertz CT molecular complexity index is 1070. The monoisotopic (exact) mass is 531 g/mol. The maximum Gasteiger partial charge on any atom is 0.337 e. The summed E-state index contributed by atoms with van der Waals surface area (Å²) in [5.41, 5.74) is 3.26. The Morgan fingerprint density at radius 1 is 1.06 bits per heavy atom. The third-order valence-corrected chi connectivity index (χ3v) is 7.72. The minimum absolute atomic E-state index is 0.0446.